The predicted molar refractivity (Wildman–Crippen MR) is 34.0 cm³/mol. The van der Waals surface area contributed by atoms with Crippen molar-refractivity contribution in [2.24, 2.45) is 23.7 Å². The zero-order valence-corrected chi connectivity index (χ0v) is 5.71. The van der Waals surface area contributed by atoms with Crippen LogP contribution in [0.4, 0.5) is 0 Å². The Morgan fingerprint density at radius 2 is 1.89 bits per heavy atom. The molecule has 0 N–H and O–H groups in total. The first-order chi connectivity index (χ1) is 4.43. The van der Waals surface area contributed by atoms with E-state index in [1.54, 1.807) is 0 Å². The summed E-state index contributed by atoms with van der Waals surface area (Å²) in [6.07, 6.45) is 3.67. The molecule has 0 aromatic rings. The molecule has 50 valence electrons. The third-order valence-electron chi connectivity index (χ3n) is 3.69. The second-order valence-electron chi connectivity index (χ2n) is 3.76. The monoisotopic (exact) mass is 124 g/mol. The molecule has 3 fully saturated rings. The van der Waals surface area contributed by atoms with Gasteiger partial charge in [0.1, 0.15) is 0 Å². The van der Waals surface area contributed by atoms with Gasteiger partial charge in [0, 0.05) is 7.11 Å². The maximum atomic E-state index is 5.37. The maximum Gasteiger partial charge on any atom is 0.0636 e. The highest BCUT2D eigenvalue weighted by Crippen LogP contribution is 2.73. The van der Waals surface area contributed by atoms with Crippen LogP contribution in [0.2, 0.25) is 0 Å². The van der Waals surface area contributed by atoms with Crippen LogP contribution in [0.3, 0.4) is 0 Å². The van der Waals surface area contributed by atoms with Crippen LogP contribution in [0, 0.1) is 23.7 Å². The molecule has 1 nitrogen and oxygen atoms in total. The summed E-state index contributed by atoms with van der Waals surface area (Å²) in [5.41, 5.74) is 0. The van der Waals surface area contributed by atoms with Crippen molar-refractivity contribution in [2.45, 2.75) is 18.9 Å². The standard InChI is InChI=1S/C8H12O/c1-9-8-5-3-2-4-6(5)7(4)8/h4-8H,2-3H2,1H3/t4-,5-,6+,7+,8-/m1/s1. The minimum Gasteiger partial charge on any atom is -0.381 e. The Hall–Kier alpha value is -0.0400. The van der Waals surface area contributed by atoms with Gasteiger partial charge >= 0.3 is 0 Å². The summed E-state index contributed by atoms with van der Waals surface area (Å²) >= 11 is 0. The minimum absolute atomic E-state index is 0.689. The lowest BCUT2D eigenvalue weighted by atomic mass is 9.79. The lowest BCUT2D eigenvalue weighted by Crippen LogP contribution is -2.37. The van der Waals surface area contributed by atoms with E-state index in [2.05, 4.69) is 0 Å². The Morgan fingerprint density at radius 1 is 1.11 bits per heavy atom. The van der Waals surface area contributed by atoms with Crippen molar-refractivity contribution in [1.29, 1.82) is 0 Å². The molecule has 0 aromatic carbocycles. The summed E-state index contributed by atoms with van der Waals surface area (Å²) < 4.78 is 5.37. The molecule has 0 heterocycles. The molecule has 0 saturated heterocycles. The molecular formula is C8H12O. The molecule has 3 saturated carbocycles. The normalized spacial score (nSPS) is 67.0. The Balaban J connectivity index is 1.86. The smallest absolute Gasteiger partial charge is 0.0636 e. The highest BCUT2D eigenvalue weighted by Gasteiger charge is 2.72. The fourth-order valence-corrected chi connectivity index (χ4v) is 3.31. The van der Waals surface area contributed by atoms with Crippen LogP contribution >= 0.6 is 0 Å². The SMILES string of the molecule is CO[C@@H]1[C@@H]2CC[C@@H]3[C@@H]2[C@H]31. The van der Waals surface area contributed by atoms with Gasteiger partial charge in [-0.15, -0.1) is 0 Å². The fourth-order valence-electron chi connectivity index (χ4n) is 3.31. The van der Waals surface area contributed by atoms with Crippen LogP contribution in [0.1, 0.15) is 12.8 Å². The van der Waals surface area contributed by atoms with Gasteiger partial charge in [-0.25, -0.2) is 0 Å². The number of methoxy groups -OCH3 is 1. The van der Waals surface area contributed by atoms with E-state index >= 15 is 0 Å². The Bertz CT molecular complexity index is 151. The van der Waals surface area contributed by atoms with E-state index in [9.17, 15) is 0 Å². The van der Waals surface area contributed by atoms with Crippen molar-refractivity contribution in [3.05, 3.63) is 0 Å². The lowest BCUT2D eigenvalue weighted by Gasteiger charge is -2.34. The third kappa shape index (κ3) is 0.337. The molecule has 0 aliphatic heterocycles. The van der Waals surface area contributed by atoms with Crippen LogP contribution in [0.5, 0.6) is 0 Å². The highest BCUT2D eigenvalue weighted by molar-refractivity contribution is 5.20. The Morgan fingerprint density at radius 3 is 2.22 bits per heavy atom. The topological polar surface area (TPSA) is 9.23 Å². The molecule has 3 aliphatic rings. The molecule has 9 heavy (non-hydrogen) atoms. The van der Waals surface area contributed by atoms with Crippen LogP contribution < -0.4 is 0 Å². The first-order valence-electron chi connectivity index (χ1n) is 3.96. The Labute approximate surface area is 55.4 Å². The summed E-state index contributed by atoms with van der Waals surface area (Å²) in [5.74, 6) is 4.26. The largest absolute Gasteiger partial charge is 0.381 e. The lowest BCUT2D eigenvalue weighted by molar-refractivity contribution is -0.0352. The minimum atomic E-state index is 0.689. The number of hydrogen-bond acceptors (Lipinski definition) is 1. The average Bonchev–Trinajstić information content (AvgIpc) is 2.31. The molecular weight excluding hydrogens is 112 g/mol. The van der Waals surface area contributed by atoms with E-state index in [1.807, 2.05) is 7.11 Å². The molecule has 0 unspecified atom stereocenters. The predicted octanol–water partition coefficient (Wildman–Crippen LogP) is 1.29. The van der Waals surface area contributed by atoms with Gasteiger partial charge in [-0.05, 0) is 36.5 Å². The van der Waals surface area contributed by atoms with Gasteiger partial charge in [0.2, 0.25) is 0 Å². The maximum absolute atomic E-state index is 5.37. The van der Waals surface area contributed by atoms with E-state index in [1.165, 1.54) is 12.8 Å². The number of fused-ring (bicyclic) bond motifs is 1. The van der Waals surface area contributed by atoms with Gasteiger partial charge in [-0.3, -0.25) is 0 Å². The van der Waals surface area contributed by atoms with Crippen molar-refractivity contribution in [3.8, 4) is 0 Å². The molecule has 0 aromatic heterocycles. The molecule has 0 spiro atoms. The van der Waals surface area contributed by atoms with E-state index < -0.39 is 0 Å². The Kier molecular flexibility index (Phi) is 0.628. The van der Waals surface area contributed by atoms with Crippen LogP contribution in [-0.4, -0.2) is 13.2 Å². The third-order valence-corrected chi connectivity index (χ3v) is 3.69. The molecule has 5 atom stereocenters. The van der Waals surface area contributed by atoms with E-state index in [-0.39, 0.29) is 0 Å². The number of ether oxygens (including phenoxy) is 1. The van der Waals surface area contributed by atoms with E-state index in [0.29, 0.717) is 6.10 Å². The highest BCUT2D eigenvalue weighted by atomic mass is 16.5. The second-order valence-corrected chi connectivity index (χ2v) is 3.76. The summed E-state index contributed by atoms with van der Waals surface area (Å²) in [5, 5.41) is 0. The number of rotatable bonds is 1. The van der Waals surface area contributed by atoms with Crippen molar-refractivity contribution in [2.75, 3.05) is 7.11 Å². The first kappa shape index (κ1) is 4.73. The van der Waals surface area contributed by atoms with Gasteiger partial charge in [-0.1, -0.05) is 0 Å². The molecule has 3 rings (SSSR count). The van der Waals surface area contributed by atoms with Gasteiger partial charge in [-0.2, -0.15) is 0 Å². The van der Waals surface area contributed by atoms with E-state index in [0.717, 1.165) is 23.7 Å². The zero-order valence-electron chi connectivity index (χ0n) is 5.71. The fraction of sp³-hybridized carbons (Fsp3) is 1.00. The van der Waals surface area contributed by atoms with Crippen molar-refractivity contribution in [3.63, 3.8) is 0 Å². The van der Waals surface area contributed by atoms with Gasteiger partial charge in [0.05, 0.1) is 6.10 Å². The average molecular weight is 124 g/mol. The summed E-state index contributed by atoms with van der Waals surface area (Å²) in [7, 11) is 1.87. The second kappa shape index (κ2) is 1.20. The van der Waals surface area contributed by atoms with Gasteiger partial charge < -0.3 is 4.74 Å². The van der Waals surface area contributed by atoms with Gasteiger partial charge in [0.25, 0.3) is 0 Å². The number of hydrogen-bond donors (Lipinski definition) is 0. The summed E-state index contributed by atoms with van der Waals surface area (Å²) in [6, 6.07) is 0. The van der Waals surface area contributed by atoms with Crippen LogP contribution in [-0.2, 0) is 4.74 Å². The first-order valence-corrected chi connectivity index (χ1v) is 3.96. The van der Waals surface area contributed by atoms with Crippen molar-refractivity contribution < 1.29 is 4.74 Å². The zero-order chi connectivity index (χ0) is 6.01. The summed E-state index contributed by atoms with van der Waals surface area (Å²) in [6.45, 7) is 0. The van der Waals surface area contributed by atoms with Crippen molar-refractivity contribution >= 4 is 0 Å². The molecule has 0 radical (unpaired) electrons. The van der Waals surface area contributed by atoms with Gasteiger partial charge in [0.15, 0.2) is 0 Å². The molecule has 1 heteroatoms. The molecule has 3 aliphatic carbocycles. The summed E-state index contributed by atoms with van der Waals surface area (Å²) in [4.78, 5) is 0. The van der Waals surface area contributed by atoms with Crippen molar-refractivity contribution in [1.82, 2.24) is 0 Å². The quantitative estimate of drug-likeness (QED) is 0.511. The van der Waals surface area contributed by atoms with Crippen LogP contribution in [0.25, 0.3) is 0 Å². The molecule has 0 amide bonds. The van der Waals surface area contributed by atoms with E-state index in [4.69, 9.17) is 4.74 Å². The van der Waals surface area contributed by atoms with Crippen LogP contribution in [0.15, 0.2) is 0 Å². The molecule has 0 bridgehead atoms.